The van der Waals surface area contributed by atoms with Crippen molar-refractivity contribution in [2.45, 2.75) is 6.54 Å². The molecule has 0 saturated carbocycles. The normalized spacial score (nSPS) is 15.0. The number of hydrogen-bond acceptors (Lipinski definition) is 5. The van der Waals surface area contributed by atoms with Crippen molar-refractivity contribution in [3.05, 3.63) is 82.1 Å². The Balaban J connectivity index is 1.56. The van der Waals surface area contributed by atoms with Crippen molar-refractivity contribution in [2.24, 2.45) is 0 Å². The van der Waals surface area contributed by atoms with Gasteiger partial charge in [0, 0.05) is 22.1 Å². The van der Waals surface area contributed by atoms with Gasteiger partial charge in [0.05, 0.1) is 13.7 Å². The lowest BCUT2D eigenvalue weighted by atomic mass is 10.2. The van der Waals surface area contributed by atoms with Crippen LogP contribution in [0.3, 0.4) is 0 Å². The summed E-state index contributed by atoms with van der Waals surface area (Å²) in [4.78, 5) is 37.6. The van der Waals surface area contributed by atoms with Crippen molar-refractivity contribution < 1.29 is 23.5 Å². The lowest BCUT2D eigenvalue weighted by molar-refractivity contribution is -0.123. The fraction of sp³-hybridized carbons (Fsp3) is 0.0952. The second kappa shape index (κ2) is 8.03. The Kier molecular flexibility index (Phi) is 5.28. The minimum Gasteiger partial charge on any atom is -0.463 e. The Bertz CT molecular complexity index is 1180. The van der Waals surface area contributed by atoms with E-state index in [1.807, 2.05) is 47.2 Å². The number of nitrogens with zero attached hydrogens (tertiary/aromatic N) is 2. The van der Waals surface area contributed by atoms with Crippen molar-refractivity contribution in [1.29, 1.82) is 0 Å². The molecular weight excluding hydrogens is 454 g/mol. The molecule has 0 bridgehead atoms. The third kappa shape index (κ3) is 3.79. The van der Waals surface area contributed by atoms with Crippen LogP contribution in [0.4, 0.5) is 4.79 Å². The zero-order chi connectivity index (χ0) is 21.3. The summed E-state index contributed by atoms with van der Waals surface area (Å²) in [5.41, 5.74) is 1.78. The first-order valence-electron chi connectivity index (χ1n) is 8.91. The number of amides is 3. The summed E-state index contributed by atoms with van der Waals surface area (Å²) in [7, 11) is 1.24. The molecule has 1 aliphatic rings. The molecule has 8 nitrogen and oxygen atoms in total. The number of methoxy groups -OCH3 is 1. The van der Waals surface area contributed by atoms with Crippen molar-refractivity contribution in [1.82, 2.24) is 14.8 Å². The highest BCUT2D eigenvalue weighted by atomic mass is 79.9. The quantitative estimate of drug-likeness (QED) is 0.349. The van der Waals surface area contributed by atoms with E-state index in [1.54, 1.807) is 6.08 Å². The second-order valence-corrected chi connectivity index (χ2v) is 7.34. The maximum atomic E-state index is 12.8. The van der Waals surface area contributed by atoms with E-state index < -0.39 is 17.9 Å². The molecule has 0 spiro atoms. The van der Waals surface area contributed by atoms with E-state index in [2.05, 4.69) is 26.0 Å². The highest BCUT2D eigenvalue weighted by Crippen LogP contribution is 2.22. The standard InChI is InChI=1S/C21H16BrN3O5/c1-29-20(27)18-8-7-16(30-18)12-25-19(26)17(23-21(25)28)11-15-6-3-9-24(15)14-5-2-4-13(22)10-14/h2-11H,12H2,1H3,(H,23,28). The summed E-state index contributed by atoms with van der Waals surface area (Å²) in [6.07, 6.45) is 3.48. The second-order valence-electron chi connectivity index (χ2n) is 6.42. The number of ether oxygens (including phenoxy) is 1. The number of esters is 1. The maximum Gasteiger partial charge on any atom is 0.373 e. The van der Waals surface area contributed by atoms with Gasteiger partial charge in [-0.1, -0.05) is 22.0 Å². The molecule has 152 valence electrons. The minimum absolute atomic E-state index is 0.00201. The van der Waals surface area contributed by atoms with E-state index >= 15 is 0 Å². The fourth-order valence-corrected chi connectivity index (χ4v) is 3.45. The van der Waals surface area contributed by atoms with Gasteiger partial charge in [-0.2, -0.15) is 0 Å². The van der Waals surface area contributed by atoms with Crippen LogP contribution in [0.15, 0.2) is 69.3 Å². The number of hydrogen-bond donors (Lipinski definition) is 1. The molecule has 3 amide bonds. The lowest BCUT2D eigenvalue weighted by Crippen LogP contribution is -2.30. The summed E-state index contributed by atoms with van der Waals surface area (Å²) in [6.45, 7) is -0.106. The SMILES string of the molecule is COC(=O)c1ccc(CN2C(=O)NC(=Cc3cccn3-c3cccc(Br)c3)C2=O)o1. The van der Waals surface area contributed by atoms with Gasteiger partial charge in [-0.3, -0.25) is 9.69 Å². The average Bonchev–Trinajstić information content (AvgIpc) is 3.45. The molecule has 3 heterocycles. The number of halogens is 1. The van der Waals surface area contributed by atoms with Crippen LogP contribution in [-0.4, -0.2) is 34.5 Å². The van der Waals surface area contributed by atoms with Crippen LogP contribution in [0.1, 0.15) is 22.0 Å². The number of imide groups is 1. The van der Waals surface area contributed by atoms with Gasteiger partial charge in [0.1, 0.15) is 11.5 Å². The van der Waals surface area contributed by atoms with Crippen LogP contribution in [0.25, 0.3) is 11.8 Å². The molecule has 2 aromatic heterocycles. The first-order valence-corrected chi connectivity index (χ1v) is 9.70. The minimum atomic E-state index is -0.632. The van der Waals surface area contributed by atoms with Crippen LogP contribution in [-0.2, 0) is 16.1 Å². The zero-order valence-electron chi connectivity index (χ0n) is 15.8. The van der Waals surface area contributed by atoms with Gasteiger partial charge in [0.15, 0.2) is 0 Å². The molecule has 3 aromatic rings. The Hall–Kier alpha value is -3.59. The number of carbonyl (C=O) groups excluding carboxylic acids is 3. The molecule has 1 N–H and O–H groups in total. The number of benzene rings is 1. The molecule has 0 radical (unpaired) electrons. The van der Waals surface area contributed by atoms with Gasteiger partial charge >= 0.3 is 12.0 Å². The van der Waals surface area contributed by atoms with Gasteiger partial charge in [0.25, 0.3) is 5.91 Å². The molecule has 1 saturated heterocycles. The summed E-state index contributed by atoms with van der Waals surface area (Å²) >= 11 is 3.45. The molecule has 1 aliphatic heterocycles. The van der Waals surface area contributed by atoms with E-state index in [9.17, 15) is 14.4 Å². The van der Waals surface area contributed by atoms with E-state index in [-0.39, 0.29) is 23.8 Å². The van der Waals surface area contributed by atoms with Gasteiger partial charge in [-0.05, 0) is 48.5 Å². The van der Waals surface area contributed by atoms with Crippen molar-refractivity contribution in [3.63, 3.8) is 0 Å². The summed E-state index contributed by atoms with van der Waals surface area (Å²) in [5.74, 6) is -0.829. The van der Waals surface area contributed by atoms with E-state index in [4.69, 9.17) is 4.42 Å². The smallest absolute Gasteiger partial charge is 0.373 e. The molecule has 0 unspecified atom stereocenters. The third-order valence-corrected chi connectivity index (χ3v) is 4.98. The Morgan fingerprint density at radius 2 is 2.03 bits per heavy atom. The van der Waals surface area contributed by atoms with Crippen LogP contribution in [0, 0.1) is 0 Å². The van der Waals surface area contributed by atoms with E-state index in [1.165, 1.54) is 19.2 Å². The Labute approximate surface area is 179 Å². The zero-order valence-corrected chi connectivity index (χ0v) is 17.4. The van der Waals surface area contributed by atoms with Crippen molar-refractivity contribution in [2.75, 3.05) is 7.11 Å². The molecule has 1 aromatic carbocycles. The molecule has 4 rings (SSSR count). The Morgan fingerprint density at radius 3 is 2.80 bits per heavy atom. The maximum absolute atomic E-state index is 12.8. The molecule has 1 fully saturated rings. The monoisotopic (exact) mass is 469 g/mol. The summed E-state index contributed by atoms with van der Waals surface area (Å²) in [6, 6.07) is 13.8. The van der Waals surface area contributed by atoms with Gasteiger partial charge in [0.2, 0.25) is 5.76 Å². The summed E-state index contributed by atoms with van der Waals surface area (Å²) in [5, 5.41) is 2.59. The molecule has 0 aliphatic carbocycles. The van der Waals surface area contributed by atoms with Gasteiger partial charge in [-0.15, -0.1) is 0 Å². The highest BCUT2D eigenvalue weighted by Gasteiger charge is 2.34. The average molecular weight is 470 g/mol. The van der Waals surface area contributed by atoms with Gasteiger partial charge in [-0.25, -0.2) is 9.59 Å². The number of urea groups is 1. The number of aromatic nitrogens is 1. The fourth-order valence-electron chi connectivity index (χ4n) is 3.06. The molecule has 9 heteroatoms. The molecule has 0 atom stereocenters. The predicted molar refractivity (Wildman–Crippen MR) is 111 cm³/mol. The van der Waals surface area contributed by atoms with E-state index in [0.717, 1.165) is 20.8 Å². The number of nitrogens with one attached hydrogen (secondary N) is 1. The Morgan fingerprint density at radius 1 is 1.20 bits per heavy atom. The first-order chi connectivity index (χ1) is 14.5. The van der Waals surface area contributed by atoms with Crippen LogP contribution in [0.2, 0.25) is 0 Å². The predicted octanol–water partition coefficient (Wildman–Crippen LogP) is 3.71. The van der Waals surface area contributed by atoms with Crippen LogP contribution in [0.5, 0.6) is 0 Å². The number of carbonyl (C=O) groups is 3. The highest BCUT2D eigenvalue weighted by molar-refractivity contribution is 9.10. The largest absolute Gasteiger partial charge is 0.463 e. The molecule has 30 heavy (non-hydrogen) atoms. The van der Waals surface area contributed by atoms with E-state index in [0.29, 0.717) is 0 Å². The molecular formula is C21H16BrN3O5. The number of furan rings is 1. The van der Waals surface area contributed by atoms with Crippen molar-refractivity contribution in [3.8, 4) is 5.69 Å². The topological polar surface area (TPSA) is 93.8 Å². The van der Waals surface area contributed by atoms with Crippen molar-refractivity contribution >= 4 is 39.9 Å². The third-order valence-electron chi connectivity index (χ3n) is 4.48. The first kappa shape index (κ1) is 19.7. The van der Waals surface area contributed by atoms with Crippen LogP contribution < -0.4 is 5.32 Å². The number of rotatable bonds is 5. The van der Waals surface area contributed by atoms with Crippen LogP contribution >= 0.6 is 15.9 Å². The summed E-state index contributed by atoms with van der Waals surface area (Å²) < 4.78 is 12.8. The van der Waals surface area contributed by atoms with Gasteiger partial charge < -0.3 is 19.0 Å². The lowest BCUT2D eigenvalue weighted by Gasteiger charge is -2.09.